The van der Waals surface area contributed by atoms with Crippen LogP contribution in [0.15, 0.2) is 42.5 Å². The van der Waals surface area contributed by atoms with Gasteiger partial charge in [0.05, 0.1) is 18.0 Å². The van der Waals surface area contributed by atoms with E-state index in [-0.39, 0.29) is 37.0 Å². The molecule has 0 aliphatic carbocycles. The van der Waals surface area contributed by atoms with Crippen molar-refractivity contribution in [3.05, 3.63) is 48.3 Å². The van der Waals surface area contributed by atoms with Crippen LogP contribution in [-0.4, -0.2) is 60.5 Å². The molecule has 0 saturated heterocycles. The van der Waals surface area contributed by atoms with Crippen molar-refractivity contribution < 1.29 is 42.5 Å². The first-order valence-corrected chi connectivity index (χ1v) is 13.6. The second-order valence-electron chi connectivity index (χ2n) is 11.3. The topological polar surface area (TPSA) is 153 Å². The molecule has 2 heterocycles. The summed E-state index contributed by atoms with van der Waals surface area (Å²) in [4.78, 5) is 50.5. The van der Waals surface area contributed by atoms with Gasteiger partial charge in [-0.15, -0.1) is 0 Å². The summed E-state index contributed by atoms with van der Waals surface area (Å²) in [6.45, 7) is 6.82. The Morgan fingerprint density at radius 1 is 0.857 bits per heavy atom. The molecule has 0 spiro atoms. The Bertz CT molecular complexity index is 1350. The van der Waals surface area contributed by atoms with Crippen molar-refractivity contribution in [1.29, 1.82) is 0 Å². The number of hydrogen-bond acceptors (Lipinski definition) is 8. The fourth-order valence-corrected chi connectivity index (χ4v) is 4.32. The molecule has 0 bridgehead atoms. The minimum absolute atomic E-state index is 0.165. The van der Waals surface area contributed by atoms with E-state index >= 15 is 0 Å². The summed E-state index contributed by atoms with van der Waals surface area (Å²) < 4.78 is 35.9. The predicted molar refractivity (Wildman–Crippen MR) is 150 cm³/mol. The van der Waals surface area contributed by atoms with Crippen LogP contribution < -0.4 is 30.7 Å². The van der Waals surface area contributed by atoms with E-state index in [1.54, 1.807) is 52.0 Å². The lowest BCUT2D eigenvalue weighted by atomic mass is 9.94. The Hall–Kier alpha value is -4.55. The lowest BCUT2D eigenvalue weighted by Crippen LogP contribution is -2.49. The fraction of sp³-hybridized carbons (Fsp3) is 0.448. The summed E-state index contributed by atoms with van der Waals surface area (Å²) in [7, 11) is 0. The maximum atomic E-state index is 13.5. The second kappa shape index (κ2) is 12.5. The molecule has 2 aliphatic heterocycles. The Morgan fingerprint density at radius 2 is 1.43 bits per heavy atom. The molecule has 4 rings (SSSR count). The standard InChI is InChI=1S/C29H35FN4O8/c1-28(2,41-26(37)33-19-11-14-39-22-8-6-5-7-18(22)31-24(19)35)12-13-29(3,4)42-27(38)34-21-16-40-23-10-9-17(30)15-20(23)32-25(21)36/h5-10,15,19,21H,11-14,16H2,1-4H3,(H,31,35)(H,32,36)(H,33,37)(H,34,38)/t19-,21?/m0/s1. The number of carbonyl (C=O) groups is 4. The molecule has 12 nitrogen and oxygen atoms in total. The van der Waals surface area contributed by atoms with Crippen LogP contribution in [0.1, 0.15) is 47.0 Å². The molecule has 2 aliphatic rings. The van der Waals surface area contributed by atoms with E-state index in [9.17, 15) is 23.6 Å². The van der Waals surface area contributed by atoms with Crippen molar-refractivity contribution in [3.8, 4) is 11.5 Å². The van der Waals surface area contributed by atoms with Crippen LogP contribution in [0.5, 0.6) is 11.5 Å². The number of ether oxygens (including phenoxy) is 4. The van der Waals surface area contributed by atoms with Gasteiger partial charge in [0.15, 0.2) is 0 Å². The molecule has 4 N–H and O–H groups in total. The molecule has 13 heteroatoms. The zero-order valence-corrected chi connectivity index (χ0v) is 23.9. The minimum Gasteiger partial charge on any atom is -0.491 e. The Morgan fingerprint density at radius 3 is 2.12 bits per heavy atom. The molecule has 0 fully saturated rings. The monoisotopic (exact) mass is 586 g/mol. The van der Waals surface area contributed by atoms with Crippen LogP contribution in [0.4, 0.5) is 25.4 Å². The molecule has 2 aromatic carbocycles. The average molecular weight is 587 g/mol. The minimum atomic E-state index is -1.07. The average Bonchev–Trinajstić information content (AvgIpc) is 3.04. The molecular formula is C29H35FN4O8. The number of rotatable bonds is 7. The molecule has 226 valence electrons. The third-order valence-corrected chi connectivity index (χ3v) is 6.70. The lowest BCUT2D eigenvalue weighted by Gasteiger charge is -2.32. The van der Waals surface area contributed by atoms with Gasteiger partial charge in [-0.2, -0.15) is 0 Å². The van der Waals surface area contributed by atoms with Gasteiger partial charge in [0, 0.05) is 12.5 Å². The Kier molecular flexibility index (Phi) is 9.08. The third kappa shape index (κ3) is 8.24. The highest BCUT2D eigenvalue weighted by Gasteiger charge is 2.33. The number of nitrogens with one attached hydrogen (secondary N) is 4. The summed E-state index contributed by atoms with van der Waals surface area (Å²) >= 11 is 0. The molecule has 4 amide bonds. The highest BCUT2D eigenvalue weighted by Crippen LogP contribution is 2.29. The van der Waals surface area contributed by atoms with E-state index in [0.29, 0.717) is 24.3 Å². The first kappa shape index (κ1) is 30.4. The molecule has 0 saturated carbocycles. The van der Waals surface area contributed by atoms with Crippen molar-refractivity contribution in [2.75, 3.05) is 23.8 Å². The number of carbonyl (C=O) groups excluding carboxylic acids is 4. The van der Waals surface area contributed by atoms with Gasteiger partial charge in [-0.05, 0) is 64.8 Å². The van der Waals surface area contributed by atoms with E-state index < -0.39 is 47.2 Å². The van der Waals surface area contributed by atoms with E-state index in [1.807, 2.05) is 0 Å². The highest BCUT2D eigenvalue weighted by molar-refractivity contribution is 5.99. The largest absolute Gasteiger partial charge is 0.491 e. The van der Waals surface area contributed by atoms with Crippen LogP contribution in [0.25, 0.3) is 0 Å². The van der Waals surface area contributed by atoms with Gasteiger partial charge in [-0.1, -0.05) is 12.1 Å². The normalized spacial score (nSPS) is 18.6. The van der Waals surface area contributed by atoms with E-state index in [2.05, 4.69) is 21.3 Å². The Labute approximate surface area is 242 Å². The van der Waals surface area contributed by atoms with Crippen LogP contribution in [0.3, 0.4) is 0 Å². The van der Waals surface area contributed by atoms with Crippen LogP contribution >= 0.6 is 0 Å². The van der Waals surface area contributed by atoms with E-state index in [4.69, 9.17) is 18.9 Å². The van der Waals surface area contributed by atoms with E-state index in [0.717, 1.165) is 6.07 Å². The molecule has 1 unspecified atom stereocenters. The zero-order chi connectivity index (χ0) is 30.5. The van der Waals surface area contributed by atoms with Crippen molar-refractivity contribution in [2.45, 2.75) is 70.2 Å². The number of benzene rings is 2. The quantitative estimate of drug-likeness (QED) is 0.378. The lowest BCUT2D eigenvalue weighted by molar-refractivity contribution is -0.119. The predicted octanol–water partition coefficient (Wildman–Crippen LogP) is 4.10. The summed E-state index contributed by atoms with van der Waals surface area (Å²) in [5, 5.41) is 10.3. The molecule has 0 aromatic heterocycles. The van der Waals surface area contributed by atoms with Crippen molar-refractivity contribution in [1.82, 2.24) is 10.6 Å². The molecule has 42 heavy (non-hydrogen) atoms. The van der Waals surface area contributed by atoms with E-state index in [1.165, 1.54) is 12.1 Å². The van der Waals surface area contributed by atoms with Gasteiger partial charge in [0.25, 0.3) is 5.91 Å². The number of anilines is 2. The molecule has 0 radical (unpaired) electrons. The van der Waals surface area contributed by atoms with Crippen LogP contribution in [0, 0.1) is 5.82 Å². The van der Waals surface area contributed by atoms with Gasteiger partial charge < -0.3 is 40.2 Å². The molecular weight excluding hydrogens is 551 g/mol. The second-order valence-corrected chi connectivity index (χ2v) is 11.3. The van der Waals surface area contributed by atoms with Gasteiger partial charge >= 0.3 is 12.2 Å². The number of halogens is 1. The summed E-state index contributed by atoms with van der Waals surface area (Å²) in [5.74, 6) is -0.670. The Balaban J connectivity index is 1.24. The number of para-hydroxylation sites is 2. The number of fused-ring (bicyclic) bond motifs is 2. The van der Waals surface area contributed by atoms with Crippen molar-refractivity contribution >= 4 is 35.4 Å². The van der Waals surface area contributed by atoms with Gasteiger partial charge in [0.1, 0.15) is 47.2 Å². The molecule has 2 aromatic rings. The number of alkyl carbamates (subject to hydrolysis) is 2. The summed E-state index contributed by atoms with van der Waals surface area (Å²) in [6.07, 6.45) is -0.768. The first-order chi connectivity index (χ1) is 19.8. The summed E-state index contributed by atoms with van der Waals surface area (Å²) in [5.41, 5.74) is -1.29. The maximum Gasteiger partial charge on any atom is 0.408 e. The van der Waals surface area contributed by atoms with Gasteiger partial charge in [0.2, 0.25) is 5.91 Å². The first-order valence-electron chi connectivity index (χ1n) is 13.6. The summed E-state index contributed by atoms with van der Waals surface area (Å²) in [6, 6.07) is 8.81. The van der Waals surface area contributed by atoms with Gasteiger partial charge in [-0.3, -0.25) is 9.59 Å². The maximum absolute atomic E-state index is 13.5. The van der Waals surface area contributed by atoms with Crippen molar-refractivity contribution in [3.63, 3.8) is 0 Å². The van der Waals surface area contributed by atoms with Crippen LogP contribution in [-0.2, 0) is 19.1 Å². The highest BCUT2D eigenvalue weighted by atomic mass is 19.1. The number of hydrogen-bond donors (Lipinski definition) is 4. The van der Waals surface area contributed by atoms with Gasteiger partial charge in [-0.25, -0.2) is 14.0 Å². The smallest absolute Gasteiger partial charge is 0.408 e. The number of amides is 4. The third-order valence-electron chi connectivity index (χ3n) is 6.70. The van der Waals surface area contributed by atoms with Crippen molar-refractivity contribution in [2.24, 2.45) is 0 Å². The molecule has 2 atom stereocenters. The fourth-order valence-electron chi connectivity index (χ4n) is 4.32. The zero-order valence-electron chi connectivity index (χ0n) is 23.9. The SMILES string of the molecule is CC(C)(CCC(C)(C)OC(=O)N[C@H]1CCOc2ccccc2NC1=O)OC(=O)NC1COc2ccc(F)cc2NC1=O. The van der Waals surface area contributed by atoms with Crippen LogP contribution in [0.2, 0.25) is 0 Å².